The zero-order chi connectivity index (χ0) is 10.2. The van der Waals surface area contributed by atoms with E-state index in [1.165, 1.54) is 0 Å². The number of hydrogen-bond donors (Lipinski definition) is 1. The van der Waals surface area contributed by atoms with Gasteiger partial charge in [0.25, 0.3) is 0 Å². The topological polar surface area (TPSA) is 40.0 Å². The van der Waals surface area contributed by atoms with Crippen molar-refractivity contribution in [3.63, 3.8) is 0 Å². The van der Waals surface area contributed by atoms with Crippen LogP contribution >= 0.6 is 0 Å². The highest BCUT2D eigenvalue weighted by Crippen LogP contribution is 2.22. The van der Waals surface area contributed by atoms with Gasteiger partial charge < -0.3 is 5.32 Å². The molecule has 78 valence electrons. The Balaban J connectivity index is 2.17. The fourth-order valence-corrected chi connectivity index (χ4v) is 1.86. The highest BCUT2D eigenvalue weighted by Gasteiger charge is 2.31. The summed E-state index contributed by atoms with van der Waals surface area (Å²) in [6.45, 7) is 10.3. The summed E-state index contributed by atoms with van der Waals surface area (Å²) in [6.07, 6.45) is 0. The molecule has 0 saturated carbocycles. The molecule has 0 saturated heterocycles. The second-order valence-electron chi connectivity index (χ2n) is 4.74. The van der Waals surface area contributed by atoms with E-state index in [0.717, 1.165) is 38.0 Å². The molecule has 0 fully saturated rings. The van der Waals surface area contributed by atoms with E-state index in [-0.39, 0.29) is 5.41 Å². The predicted molar refractivity (Wildman–Crippen MR) is 58.8 cm³/mol. The molecular weight excluding hydrogens is 176 g/mol. The lowest BCUT2D eigenvalue weighted by atomic mass is 9.94. The van der Waals surface area contributed by atoms with Gasteiger partial charge >= 0.3 is 0 Å². The van der Waals surface area contributed by atoms with Crippen LogP contribution in [0.3, 0.4) is 0 Å². The Labute approximate surface area is 85.1 Å². The van der Waals surface area contributed by atoms with Crippen molar-refractivity contribution in [3.8, 4) is 0 Å². The van der Waals surface area contributed by atoms with E-state index in [1.54, 1.807) is 0 Å². The van der Waals surface area contributed by atoms with Gasteiger partial charge in [-0.05, 0) is 0 Å². The molecule has 2 aliphatic heterocycles. The third-order valence-corrected chi connectivity index (χ3v) is 2.42. The first-order valence-corrected chi connectivity index (χ1v) is 5.20. The van der Waals surface area contributed by atoms with Gasteiger partial charge in [0, 0.05) is 18.5 Å². The third-order valence-electron chi connectivity index (χ3n) is 2.42. The van der Waals surface area contributed by atoms with Crippen LogP contribution in [-0.4, -0.2) is 42.9 Å². The molecule has 14 heavy (non-hydrogen) atoms. The number of nitrogens with one attached hydrogen (secondary N) is 1. The van der Waals surface area contributed by atoms with E-state index in [1.807, 2.05) is 0 Å². The average Bonchev–Trinajstić information content (AvgIpc) is 2.73. The summed E-state index contributed by atoms with van der Waals surface area (Å²) >= 11 is 0. The largest absolute Gasteiger partial charge is 0.354 e. The maximum Gasteiger partial charge on any atom is 0.199 e. The molecule has 0 radical (unpaired) electrons. The molecule has 0 spiro atoms. The molecule has 4 nitrogen and oxygen atoms in total. The quantitative estimate of drug-likeness (QED) is 0.617. The second-order valence-corrected chi connectivity index (χ2v) is 4.74. The zero-order valence-electron chi connectivity index (χ0n) is 9.17. The number of nitrogens with zero attached hydrogens (tertiary/aromatic N) is 3. The van der Waals surface area contributed by atoms with E-state index in [4.69, 9.17) is 0 Å². The van der Waals surface area contributed by atoms with Crippen molar-refractivity contribution in [2.24, 2.45) is 15.4 Å². The monoisotopic (exact) mass is 194 g/mol. The highest BCUT2D eigenvalue weighted by atomic mass is 15.4. The number of rotatable bonds is 0. The average molecular weight is 194 g/mol. The molecule has 0 amide bonds. The minimum Gasteiger partial charge on any atom is -0.354 e. The zero-order valence-corrected chi connectivity index (χ0v) is 9.17. The minimum atomic E-state index is 0.114. The number of amidine groups is 1. The van der Waals surface area contributed by atoms with Gasteiger partial charge in [0.1, 0.15) is 5.84 Å². The first kappa shape index (κ1) is 9.49. The lowest BCUT2D eigenvalue weighted by molar-refractivity contribution is 0.510. The molecule has 0 aromatic heterocycles. The summed E-state index contributed by atoms with van der Waals surface area (Å²) in [6, 6.07) is 0. The summed E-state index contributed by atoms with van der Waals surface area (Å²) in [5, 5.41) is 3.30. The van der Waals surface area contributed by atoms with Crippen LogP contribution in [0.25, 0.3) is 0 Å². The number of guanidine groups is 1. The van der Waals surface area contributed by atoms with Crippen LogP contribution in [-0.2, 0) is 0 Å². The lowest BCUT2D eigenvalue weighted by Crippen LogP contribution is -2.45. The fraction of sp³-hybridized carbons (Fsp3) is 0.800. The molecule has 0 bridgehead atoms. The van der Waals surface area contributed by atoms with Crippen molar-refractivity contribution in [2.75, 3.05) is 26.2 Å². The maximum absolute atomic E-state index is 4.55. The Kier molecular flexibility index (Phi) is 2.21. The molecule has 4 heteroatoms. The van der Waals surface area contributed by atoms with Crippen molar-refractivity contribution in [2.45, 2.75) is 20.8 Å². The molecule has 1 N–H and O–H groups in total. The molecule has 0 atom stereocenters. The van der Waals surface area contributed by atoms with E-state index < -0.39 is 0 Å². The van der Waals surface area contributed by atoms with Crippen molar-refractivity contribution in [1.82, 2.24) is 10.2 Å². The van der Waals surface area contributed by atoms with Gasteiger partial charge in [0.2, 0.25) is 0 Å². The fourth-order valence-electron chi connectivity index (χ4n) is 1.86. The van der Waals surface area contributed by atoms with Crippen molar-refractivity contribution < 1.29 is 0 Å². The molecule has 2 rings (SSSR count). The predicted octanol–water partition coefficient (Wildman–Crippen LogP) is 0.706. The standard InChI is InChI=1S/C10H18N4/c1-10(2,3)8-11-6-7-14(8)9-12-4-5-13-9/h4-7H2,1-3H3,(H,12,13). The van der Waals surface area contributed by atoms with Crippen LogP contribution in [0.15, 0.2) is 9.98 Å². The van der Waals surface area contributed by atoms with Crippen molar-refractivity contribution in [1.29, 1.82) is 0 Å². The number of aliphatic imine (C=N–C) groups is 2. The number of hydrogen-bond acceptors (Lipinski definition) is 4. The Morgan fingerprint density at radius 1 is 1.21 bits per heavy atom. The van der Waals surface area contributed by atoms with Gasteiger partial charge in [0.15, 0.2) is 5.96 Å². The molecule has 0 aliphatic carbocycles. The van der Waals surface area contributed by atoms with Crippen LogP contribution in [0, 0.1) is 5.41 Å². The second kappa shape index (κ2) is 3.26. The molecule has 2 heterocycles. The summed E-state index contributed by atoms with van der Waals surface area (Å²) in [5.41, 5.74) is 0.114. The van der Waals surface area contributed by atoms with Crippen LogP contribution in [0.1, 0.15) is 20.8 Å². The van der Waals surface area contributed by atoms with Gasteiger partial charge in [-0.1, -0.05) is 20.8 Å². The van der Waals surface area contributed by atoms with E-state index >= 15 is 0 Å². The van der Waals surface area contributed by atoms with Crippen molar-refractivity contribution in [3.05, 3.63) is 0 Å². The maximum atomic E-state index is 4.55. The Morgan fingerprint density at radius 2 is 2.00 bits per heavy atom. The first-order chi connectivity index (χ1) is 6.59. The SMILES string of the molecule is CC(C)(C)C1=NCCN1C1=NCCN1. The molecule has 2 aliphatic rings. The third kappa shape index (κ3) is 1.61. The lowest BCUT2D eigenvalue weighted by Gasteiger charge is -2.28. The van der Waals surface area contributed by atoms with Gasteiger partial charge in [-0.25, -0.2) is 0 Å². The van der Waals surface area contributed by atoms with Crippen molar-refractivity contribution >= 4 is 11.8 Å². The molecular formula is C10H18N4. The Morgan fingerprint density at radius 3 is 2.57 bits per heavy atom. The minimum absolute atomic E-state index is 0.114. The summed E-state index contributed by atoms with van der Waals surface area (Å²) in [4.78, 5) is 11.2. The van der Waals surface area contributed by atoms with Gasteiger partial charge in [-0.3, -0.25) is 14.9 Å². The van der Waals surface area contributed by atoms with Gasteiger partial charge in [-0.15, -0.1) is 0 Å². The smallest absolute Gasteiger partial charge is 0.199 e. The Hall–Kier alpha value is -1.06. The normalized spacial score (nSPS) is 22.1. The summed E-state index contributed by atoms with van der Waals surface area (Å²) in [7, 11) is 0. The Bertz CT molecular complexity index is 285. The van der Waals surface area contributed by atoms with Crippen LogP contribution in [0.4, 0.5) is 0 Å². The first-order valence-electron chi connectivity index (χ1n) is 5.20. The summed E-state index contributed by atoms with van der Waals surface area (Å²) < 4.78 is 0. The van der Waals surface area contributed by atoms with Crippen LogP contribution < -0.4 is 5.32 Å². The molecule has 0 unspecified atom stereocenters. The van der Waals surface area contributed by atoms with Crippen LogP contribution in [0.2, 0.25) is 0 Å². The highest BCUT2D eigenvalue weighted by molar-refractivity contribution is 6.03. The molecule has 0 aromatic carbocycles. The van der Waals surface area contributed by atoms with Gasteiger partial charge in [-0.2, -0.15) is 0 Å². The van der Waals surface area contributed by atoms with E-state index in [9.17, 15) is 0 Å². The van der Waals surface area contributed by atoms with Gasteiger partial charge in [0.05, 0.1) is 13.1 Å². The summed E-state index contributed by atoms with van der Waals surface area (Å²) in [5.74, 6) is 2.17. The van der Waals surface area contributed by atoms with E-state index in [0.29, 0.717) is 0 Å². The van der Waals surface area contributed by atoms with Crippen LogP contribution in [0.5, 0.6) is 0 Å². The van der Waals surface area contributed by atoms with E-state index in [2.05, 4.69) is 41.0 Å². The molecule has 0 aromatic rings.